The van der Waals surface area contributed by atoms with Crippen LogP contribution in [0.25, 0.3) is 0 Å². The second-order valence-corrected chi connectivity index (χ2v) is 8.32. The van der Waals surface area contributed by atoms with Crippen LogP contribution in [0.2, 0.25) is 0 Å². The molecular weight excluding hydrogens is 262 g/mol. The molecule has 1 nitrogen and oxygen atoms in total. The third-order valence-corrected chi connectivity index (χ3v) is 5.80. The summed E-state index contributed by atoms with van der Waals surface area (Å²) in [5, 5.41) is 14.4. The molecule has 94 valence electrons. The van der Waals surface area contributed by atoms with Crippen LogP contribution in [0, 0.1) is 0 Å². The summed E-state index contributed by atoms with van der Waals surface area (Å²) in [5.41, 5.74) is 0. The maximum absolute atomic E-state index is 12.1. The summed E-state index contributed by atoms with van der Waals surface area (Å²) in [4.78, 5) is 0. The van der Waals surface area contributed by atoms with Gasteiger partial charge in [-0.1, -0.05) is 75.4 Å². The van der Waals surface area contributed by atoms with Crippen molar-refractivity contribution in [3.8, 4) is 5.75 Å². The van der Waals surface area contributed by atoms with E-state index in [9.17, 15) is 5.11 Å². The zero-order valence-electron chi connectivity index (χ0n) is 12.1. The quantitative estimate of drug-likeness (QED) is 0.561. The third-order valence-electron chi connectivity index (χ3n) is 2.79. The molecule has 0 saturated heterocycles. The summed E-state index contributed by atoms with van der Waals surface area (Å²) in [6, 6.07) is 17.8. The van der Waals surface area contributed by atoms with Crippen molar-refractivity contribution in [3.63, 3.8) is 0 Å². The molecule has 2 rings (SSSR count). The molecule has 2 aromatic carbocycles. The average Bonchev–Trinajstić information content (AvgIpc) is 2.32. The molecule has 0 saturated carbocycles. The molecule has 0 bridgehead atoms. The van der Waals surface area contributed by atoms with Gasteiger partial charge in [0.1, 0.15) is 0 Å². The maximum Gasteiger partial charge on any atom is 1.00 e. The van der Waals surface area contributed by atoms with Crippen LogP contribution < -0.4 is 45.3 Å². The van der Waals surface area contributed by atoms with Crippen LogP contribution in [0.1, 0.15) is 20.8 Å². The molecule has 0 N–H and O–H groups in total. The van der Waals surface area contributed by atoms with Crippen LogP contribution in [0.5, 0.6) is 5.75 Å². The fraction of sp³-hybridized carbons (Fsp3) is 0.250. The molecule has 1 unspecified atom stereocenters. The Morgan fingerprint density at radius 3 is 1.89 bits per heavy atom. The molecule has 0 amide bonds. The fourth-order valence-electron chi connectivity index (χ4n) is 2.11. The van der Waals surface area contributed by atoms with E-state index in [1.807, 2.05) is 36.4 Å². The van der Waals surface area contributed by atoms with Gasteiger partial charge in [0.05, 0.1) is 0 Å². The number of hydrogen-bond donors (Lipinski definition) is 0. The Balaban J connectivity index is 0.00000180. The van der Waals surface area contributed by atoms with Crippen molar-refractivity contribution in [2.24, 2.45) is 0 Å². The molecule has 0 aliphatic carbocycles. The second-order valence-electron chi connectivity index (χ2n) is 5.31. The Labute approximate surface area is 139 Å². The molecule has 0 fully saturated rings. The van der Waals surface area contributed by atoms with Crippen molar-refractivity contribution in [1.29, 1.82) is 0 Å². The van der Waals surface area contributed by atoms with Gasteiger partial charge in [0.2, 0.25) is 0 Å². The van der Waals surface area contributed by atoms with Crippen LogP contribution in [0.15, 0.2) is 54.6 Å². The van der Waals surface area contributed by atoms with E-state index in [-0.39, 0.29) is 40.5 Å². The van der Waals surface area contributed by atoms with Crippen molar-refractivity contribution >= 4 is 18.5 Å². The van der Waals surface area contributed by atoms with E-state index in [2.05, 4.69) is 32.9 Å². The van der Waals surface area contributed by atoms with Crippen molar-refractivity contribution < 1.29 is 34.7 Å². The Kier molecular flexibility index (Phi) is 6.08. The minimum Gasteiger partial charge on any atom is -0.872 e. The second kappa shape index (κ2) is 6.90. The van der Waals surface area contributed by atoms with E-state index in [0.717, 1.165) is 5.30 Å². The van der Waals surface area contributed by atoms with Gasteiger partial charge in [-0.05, 0) is 23.7 Å². The van der Waals surface area contributed by atoms with E-state index in [0.29, 0.717) is 0 Å². The van der Waals surface area contributed by atoms with Crippen molar-refractivity contribution in [2.45, 2.75) is 25.9 Å². The summed E-state index contributed by atoms with van der Waals surface area (Å²) in [6.45, 7) is 6.62. The van der Waals surface area contributed by atoms with Gasteiger partial charge in [-0.25, -0.2) is 0 Å². The van der Waals surface area contributed by atoms with Gasteiger partial charge in [-0.3, -0.25) is 0 Å². The summed E-state index contributed by atoms with van der Waals surface area (Å²) in [7, 11) is -0.625. The predicted octanol–water partition coefficient (Wildman–Crippen LogP) is -0.00460. The third kappa shape index (κ3) is 4.07. The molecule has 0 aromatic heterocycles. The Hall–Kier alpha value is -0.330. The van der Waals surface area contributed by atoms with Crippen LogP contribution in [0.4, 0.5) is 0 Å². The largest absolute Gasteiger partial charge is 1.00 e. The molecular formula is C16H18NaOP. The summed E-state index contributed by atoms with van der Waals surface area (Å²) in [5.74, 6) is 0.155. The molecule has 19 heavy (non-hydrogen) atoms. The first-order valence-corrected chi connectivity index (χ1v) is 7.45. The smallest absolute Gasteiger partial charge is 0.872 e. The standard InChI is InChI=1S/C16H19OP.Na/c1-16(2,3)18(13-9-5-4-6-10-13)15-12-8-7-11-14(15)17;/h4-12,17H,1-3H3;/q;+1/p-1. The minimum atomic E-state index is -0.625. The molecule has 0 aliphatic rings. The zero-order valence-corrected chi connectivity index (χ0v) is 14.9. The van der Waals surface area contributed by atoms with E-state index in [1.165, 1.54) is 5.30 Å². The summed E-state index contributed by atoms with van der Waals surface area (Å²) in [6.07, 6.45) is 0. The van der Waals surface area contributed by atoms with Gasteiger partial charge < -0.3 is 5.11 Å². The first-order valence-electron chi connectivity index (χ1n) is 6.11. The van der Waals surface area contributed by atoms with Gasteiger partial charge in [0.15, 0.2) is 0 Å². The van der Waals surface area contributed by atoms with Crippen molar-refractivity contribution in [3.05, 3.63) is 54.6 Å². The van der Waals surface area contributed by atoms with Gasteiger partial charge in [-0.15, -0.1) is 5.75 Å². The van der Waals surface area contributed by atoms with E-state index >= 15 is 0 Å². The Bertz CT molecular complexity index is 520. The summed E-state index contributed by atoms with van der Waals surface area (Å²) < 4.78 is 0. The monoisotopic (exact) mass is 280 g/mol. The van der Waals surface area contributed by atoms with Crippen molar-refractivity contribution in [2.75, 3.05) is 0 Å². The van der Waals surface area contributed by atoms with Crippen LogP contribution in [-0.4, -0.2) is 5.16 Å². The first kappa shape index (κ1) is 16.7. The first-order chi connectivity index (χ1) is 8.50. The minimum absolute atomic E-state index is 0. The molecule has 1 atom stereocenters. The normalized spacial score (nSPS) is 12.6. The predicted molar refractivity (Wildman–Crippen MR) is 78.3 cm³/mol. The molecule has 0 heterocycles. The molecule has 0 aliphatic heterocycles. The van der Waals surface area contributed by atoms with Gasteiger partial charge in [0, 0.05) is 0 Å². The SMILES string of the molecule is CC(C)(C)P(c1ccccc1)c1ccccc1[O-].[Na+]. The molecule has 0 radical (unpaired) electrons. The number of rotatable bonds is 2. The molecule has 2 aromatic rings. The van der Waals surface area contributed by atoms with Gasteiger partial charge in [0.25, 0.3) is 0 Å². The number of benzene rings is 2. The van der Waals surface area contributed by atoms with Crippen molar-refractivity contribution in [1.82, 2.24) is 0 Å². The maximum atomic E-state index is 12.1. The zero-order chi connectivity index (χ0) is 13.2. The Morgan fingerprint density at radius 2 is 1.37 bits per heavy atom. The van der Waals surface area contributed by atoms with E-state index in [4.69, 9.17) is 0 Å². The van der Waals surface area contributed by atoms with Crippen LogP contribution in [-0.2, 0) is 0 Å². The van der Waals surface area contributed by atoms with E-state index in [1.54, 1.807) is 6.07 Å². The van der Waals surface area contributed by atoms with Gasteiger partial charge in [-0.2, -0.15) is 0 Å². The fourth-order valence-corrected chi connectivity index (χ4v) is 4.88. The Morgan fingerprint density at radius 1 is 0.842 bits per heavy atom. The summed E-state index contributed by atoms with van der Waals surface area (Å²) >= 11 is 0. The number of hydrogen-bond acceptors (Lipinski definition) is 1. The van der Waals surface area contributed by atoms with E-state index < -0.39 is 7.92 Å². The van der Waals surface area contributed by atoms with Gasteiger partial charge >= 0.3 is 29.6 Å². The topological polar surface area (TPSA) is 23.1 Å². The van der Waals surface area contributed by atoms with Crippen LogP contribution >= 0.6 is 7.92 Å². The average molecular weight is 280 g/mol. The van der Waals surface area contributed by atoms with Crippen LogP contribution in [0.3, 0.4) is 0 Å². The molecule has 3 heteroatoms. The molecule has 0 spiro atoms. The number of para-hydroxylation sites is 1.